The molecule has 0 bridgehead atoms. The maximum atomic E-state index is 11.2. The van der Waals surface area contributed by atoms with Crippen LogP contribution in [0.1, 0.15) is 207 Å². The van der Waals surface area contributed by atoms with Crippen LogP contribution in [0.25, 0.3) is 0 Å². The summed E-state index contributed by atoms with van der Waals surface area (Å²) in [6.07, 6.45) is 36.7. The van der Waals surface area contributed by atoms with E-state index >= 15 is 0 Å². The fourth-order valence-electron chi connectivity index (χ4n) is 5.33. The molecule has 0 unspecified atom stereocenters. The van der Waals surface area contributed by atoms with Gasteiger partial charge in [-0.25, -0.2) is 0 Å². The fourth-order valence-corrected chi connectivity index (χ4v) is 5.33. The predicted molar refractivity (Wildman–Crippen MR) is 182 cm³/mol. The average Bonchev–Trinajstić information content (AvgIpc) is 2.96. The van der Waals surface area contributed by atoms with Gasteiger partial charge in [-0.05, 0) is 12.8 Å². The summed E-state index contributed by atoms with van der Waals surface area (Å²) in [7, 11) is 0. The average molecular weight is 615 g/mol. The van der Waals surface area contributed by atoms with Crippen LogP contribution in [-0.2, 0) is 19.1 Å². The quantitative estimate of drug-likeness (QED) is 0.0553. The van der Waals surface area contributed by atoms with E-state index in [-0.39, 0.29) is 6.42 Å². The Hall–Kier alpha value is -1.14. The van der Waals surface area contributed by atoms with Gasteiger partial charge >= 0.3 is 5.97 Å². The molecule has 0 aliphatic rings. The standard InChI is InChI=1S/C35H70O4.C2H4O2/c1-3-5-7-9-11-13-15-17-19-21-23-25-27-29-31-38-35(33-34(36)37)39-32-30-28-26-24-22-20-18-16-14-12-10-8-6-4-2;1-2(3)4/h35H,3-33H2,1-2H3,(H,36,37);1H3,(H,3,4). The first-order chi connectivity index (χ1) is 20.9. The summed E-state index contributed by atoms with van der Waals surface area (Å²) in [6.45, 7) is 6.85. The van der Waals surface area contributed by atoms with Gasteiger partial charge in [-0.15, -0.1) is 0 Å². The van der Waals surface area contributed by atoms with Crippen LogP contribution in [0.15, 0.2) is 0 Å². The highest BCUT2D eigenvalue weighted by Crippen LogP contribution is 2.15. The van der Waals surface area contributed by atoms with Crippen LogP contribution in [0.3, 0.4) is 0 Å². The van der Waals surface area contributed by atoms with Crippen LogP contribution in [0.5, 0.6) is 0 Å². The molecule has 0 aliphatic carbocycles. The number of ether oxygens (including phenoxy) is 2. The highest BCUT2D eigenvalue weighted by molar-refractivity contribution is 5.67. The highest BCUT2D eigenvalue weighted by atomic mass is 16.7. The summed E-state index contributed by atoms with van der Waals surface area (Å²) < 4.78 is 11.6. The first kappa shape index (κ1) is 44.0. The number of carbonyl (C=O) groups is 2. The van der Waals surface area contributed by atoms with E-state index in [1.165, 1.54) is 154 Å². The van der Waals surface area contributed by atoms with Gasteiger partial charge < -0.3 is 19.7 Å². The molecule has 0 amide bonds. The second kappa shape index (κ2) is 38.9. The van der Waals surface area contributed by atoms with E-state index < -0.39 is 18.2 Å². The van der Waals surface area contributed by atoms with E-state index in [0.717, 1.165) is 32.6 Å². The number of carboxylic acids is 2. The van der Waals surface area contributed by atoms with Crippen LogP contribution >= 0.6 is 0 Å². The van der Waals surface area contributed by atoms with Gasteiger partial charge in [-0.2, -0.15) is 0 Å². The number of carboxylic acid groups (broad SMARTS) is 2. The Morgan fingerprint density at radius 2 is 0.651 bits per heavy atom. The van der Waals surface area contributed by atoms with Crippen molar-refractivity contribution in [3.05, 3.63) is 0 Å². The summed E-state index contributed by atoms with van der Waals surface area (Å²) in [6, 6.07) is 0. The topological polar surface area (TPSA) is 93.1 Å². The first-order valence-electron chi connectivity index (χ1n) is 18.6. The maximum Gasteiger partial charge on any atom is 0.308 e. The SMILES string of the molecule is CC(=O)O.CCCCCCCCCCCCCCCCOC(CC(=O)O)OCCCCCCCCCCCCCCCC. The Labute approximate surface area is 267 Å². The predicted octanol–water partition coefficient (Wildman–Crippen LogP) is 11.9. The van der Waals surface area contributed by atoms with Crippen molar-refractivity contribution in [2.75, 3.05) is 13.2 Å². The normalized spacial score (nSPS) is 11.1. The summed E-state index contributed by atoms with van der Waals surface area (Å²) in [4.78, 5) is 20.2. The van der Waals surface area contributed by atoms with Crippen molar-refractivity contribution in [3.8, 4) is 0 Å². The molecule has 6 nitrogen and oxygen atoms in total. The van der Waals surface area contributed by atoms with Gasteiger partial charge in [-0.3, -0.25) is 9.59 Å². The van der Waals surface area contributed by atoms with Crippen molar-refractivity contribution in [2.24, 2.45) is 0 Å². The lowest BCUT2D eigenvalue weighted by atomic mass is 10.0. The van der Waals surface area contributed by atoms with Crippen molar-refractivity contribution in [1.29, 1.82) is 0 Å². The van der Waals surface area contributed by atoms with Gasteiger partial charge in [0.1, 0.15) is 0 Å². The van der Waals surface area contributed by atoms with Gasteiger partial charge in [0.05, 0.1) is 6.42 Å². The number of unbranched alkanes of at least 4 members (excludes halogenated alkanes) is 26. The third-order valence-electron chi connectivity index (χ3n) is 7.94. The van der Waals surface area contributed by atoms with Crippen molar-refractivity contribution in [1.82, 2.24) is 0 Å². The minimum Gasteiger partial charge on any atom is -0.481 e. The van der Waals surface area contributed by atoms with Crippen LogP contribution in [0, 0.1) is 0 Å². The van der Waals surface area contributed by atoms with E-state index in [2.05, 4.69) is 13.8 Å². The molecule has 0 spiro atoms. The third-order valence-corrected chi connectivity index (χ3v) is 7.94. The lowest BCUT2D eigenvalue weighted by Crippen LogP contribution is -2.22. The Bertz CT molecular complexity index is 515. The number of aliphatic carboxylic acids is 2. The van der Waals surface area contributed by atoms with Crippen molar-refractivity contribution in [2.45, 2.75) is 213 Å². The largest absolute Gasteiger partial charge is 0.481 e. The van der Waals surface area contributed by atoms with Crippen LogP contribution < -0.4 is 0 Å². The monoisotopic (exact) mass is 615 g/mol. The van der Waals surface area contributed by atoms with Crippen molar-refractivity contribution in [3.63, 3.8) is 0 Å². The van der Waals surface area contributed by atoms with Crippen molar-refractivity contribution >= 4 is 11.9 Å². The fraction of sp³-hybridized carbons (Fsp3) is 0.946. The van der Waals surface area contributed by atoms with Gasteiger partial charge in [0.2, 0.25) is 0 Å². The van der Waals surface area contributed by atoms with Gasteiger partial charge in [0, 0.05) is 20.1 Å². The third kappa shape index (κ3) is 45.4. The molecule has 0 fully saturated rings. The molecule has 0 saturated carbocycles. The van der Waals surface area contributed by atoms with E-state index in [1.807, 2.05) is 0 Å². The van der Waals surface area contributed by atoms with Gasteiger partial charge in [0.25, 0.3) is 5.97 Å². The smallest absolute Gasteiger partial charge is 0.308 e. The van der Waals surface area contributed by atoms with E-state index in [0.29, 0.717) is 13.2 Å². The molecule has 0 atom stereocenters. The Morgan fingerprint density at radius 3 is 0.860 bits per heavy atom. The summed E-state index contributed by atoms with van der Waals surface area (Å²) >= 11 is 0. The zero-order valence-corrected chi connectivity index (χ0v) is 29.0. The summed E-state index contributed by atoms with van der Waals surface area (Å²) in [5.74, 6) is -1.68. The summed E-state index contributed by atoms with van der Waals surface area (Å²) in [5.41, 5.74) is 0. The number of rotatable bonds is 34. The zero-order chi connectivity index (χ0) is 32.1. The molecule has 0 rings (SSSR count). The van der Waals surface area contributed by atoms with Crippen LogP contribution in [0.2, 0.25) is 0 Å². The number of hydrogen-bond acceptors (Lipinski definition) is 4. The van der Waals surface area contributed by atoms with E-state index in [1.54, 1.807) is 0 Å². The second-order valence-electron chi connectivity index (χ2n) is 12.5. The molecule has 43 heavy (non-hydrogen) atoms. The molecule has 258 valence electrons. The highest BCUT2D eigenvalue weighted by Gasteiger charge is 2.14. The van der Waals surface area contributed by atoms with Crippen molar-refractivity contribution < 1.29 is 29.3 Å². The molecule has 0 saturated heterocycles. The minimum atomic E-state index is -0.845. The summed E-state index contributed by atoms with van der Waals surface area (Å²) in [5, 5.41) is 16.6. The molecule has 6 heteroatoms. The molecule has 0 aromatic rings. The Kier molecular flexibility index (Phi) is 39.8. The molecule has 0 radical (unpaired) electrons. The zero-order valence-electron chi connectivity index (χ0n) is 29.0. The van der Waals surface area contributed by atoms with E-state index in [4.69, 9.17) is 19.4 Å². The van der Waals surface area contributed by atoms with E-state index in [9.17, 15) is 9.90 Å². The molecule has 0 aromatic heterocycles. The molecule has 2 N–H and O–H groups in total. The molecule has 0 heterocycles. The first-order valence-corrected chi connectivity index (χ1v) is 18.6. The lowest BCUT2D eigenvalue weighted by molar-refractivity contribution is -0.167. The molecule has 0 aliphatic heterocycles. The van der Waals surface area contributed by atoms with Gasteiger partial charge in [0.15, 0.2) is 6.29 Å². The Balaban J connectivity index is 0. The molecular weight excluding hydrogens is 540 g/mol. The molecular formula is C37H74O6. The maximum absolute atomic E-state index is 11.2. The lowest BCUT2D eigenvalue weighted by Gasteiger charge is -2.17. The van der Waals surface area contributed by atoms with Gasteiger partial charge in [-0.1, -0.05) is 181 Å². The second-order valence-corrected chi connectivity index (χ2v) is 12.5. The Morgan fingerprint density at radius 1 is 0.442 bits per heavy atom. The van der Waals surface area contributed by atoms with Crippen LogP contribution in [0.4, 0.5) is 0 Å². The molecule has 0 aromatic carbocycles. The minimum absolute atomic E-state index is 0.0583. The van der Waals surface area contributed by atoms with Crippen LogP contribution in [-0.4, -0.2) is 41.7 Å². The number of hydrogen-bond donors (Lipinski definition) is 2.